The van der Waals surface area contributed by atoms with Crippen LogP contribution in [-0.2, 0) is 0 Å². The number of carbonyl (C=O) groups excluding carboxylic acids is 1. The van der Waals surface area contributed by atoms with E-state index in [2.05, 4.69) is 9.88 Å². The van der Waals surface area contributed by atoms with Crippen molar-refractivity contribution < 1.29 is 14.6 Å². The quantitative estimate of drug-likeness (QED) is 0.927. The molecule has 3 rings (SSSR count). The first-order valence-electron chi connectivity index (χ1n) is 7.41. The van der Waals surface area contributed by atoms with E-state index in [1.165, 1.54) is 0 Å². The number of aliphatic hydroxyl groups excluding tert-OH is 1. The van der Waals surface area contributed by atoms with Crippen LogP contribution in [0.5, 0.6) is 5.75 Å². The second-order valence-electron chi connectivity index (χ2n) is 5.28. The van der Waals surface area contributed by atoms with Crippen LogP contribution in [0, 0.1) is 0 Å². The van der Waals surface area contributed by atoms with Crippen molar-refractivity contribution in [3.8, 4) is 5.75 Å². The largest absolute Gasteiger partial charge is 0.415 e. The van der Waals surface area contributed by atoms with Gasteiger partial charge in [0, 0.05) is 50.4 Å². The van der Waals surface area contributed by atoms with Crippen molar-refractivity contribution in [2.75, 3.05) is 39.3 Å². The van der Waals surface area contributed by atoms with Gasteiger partial charge in [0.1, 0.15) is 5.75 Å². The molecule has 1 aliphatic rings. The van der Waals surface area contributed by atoms with Crippen LogP contribution in [0.15, 0.2) is 36.5 Å². The molecule has 0 radical (unpaired) electrons. The molecule has 0 atom stereocenters. The monoisotopic (exact) mass is 301 g/mol. The van der Waals surface area contributed by atoms with E-state index in [4.69, 9.17) is 9.84 Å². The molecule has 22 heavy (non-hydrogen) atoms. The smallest absolute Gasteiger partial charge is 0.410 e. The average Bonchev–Trinajstić information content (AvgIpc) is 2.56. The van der Waals surface area contributed by atoms with Crippen molar-refractivity contribution in [3.05, 3.63) is 36.5 Å². The number of hydrogen-bond acceptors (Lipinski definition) is 5. The van der Waals surface area contributed by atoms with Crippen LogP contribution < -0.4 is 4.74 Å². The van der Waals surface area contributed by atoms with E-state index in [0.717, 1.165) is 24.0 Å². The number of β-amino-alcohol motifs (C(OH)–C–C–N with tert-alkyl or cyclic N) is 1. The number of pyridine rings is 1. The highest BCUT2D eigenvalue weighted by Crippen LogP contribution is 2.19. The van der Waals surface area contributed by atoms with Crippen LogP contribution in [0.4, 0.5) is 4.79 Å². The van der Waals surface area contributed by atoms with Crippen LogP contribution in [0.1, 0.15) is 0 Å². The lowest BCUT2D eigenvalue weighted by molar-refractivity contribution is 0.101. The van der Waals surface area contributed by atoms with Gasteiger partial charge in [0.15, 0.2) is 0 Å². The number of rotatable bonds is 3. The van der Waals surface area contributed by atoms with Crippen LogP contribution in [-0.4, -0.2) is 65.3 Å². The fraction of sp³-hybridized carbons (Fsp3) is 0.375. The van der Waals surface area contributed by atoms with E-state index in [9.17, 15) is 4.79 Å². The number of benzene rings is 1. The summed E-state index contributed by atoms with van der Waals surface area (Å²) in [4.78, 5) is 20.3. The number of piperazine rings is 1. The van der Waals surface area contributed by atoms with E-state index in [1.54, 1.807) is 23.2 Å². The van der Waals surface area contributed by atoms with Gasteiger partial charge in [-0.1, -0.05) is 6.07 Å². The van der Waals surface area contributed by atoms with Crippen LogP contribution in [0.3, 0.4) is 0 Å². The molecule has 6 heteroatoms. The summed E-state index contributed by atoms with van der Waals surface area (Å²) in [5, 5.41) is 9.94. The van der Waals surface area contributed by atoms with Gasteiger partial charge in [-0.2, -0.15) is 0 Å². The third kappa shape index (κ3) is 3.35. The third-order valence-electron chi connectivity index (χ3n) is 3.83. The molecule has 6 nitrogen and oxygen atoms in total. The van der Waals surface area contributed by atoms with E-state index >= 15 is 0 Å². The summed E-state index contributed by atoms with van der Waals surface area (Å²) >= 11 is 0. The number of fused-ring (bicyclic) bond motifs is 1. The number of aromatic nitrogens is 1. The molecule has 1 aromatic heterocycles. The molecule has 0 saturated carbocycles. The molecule has 1 fully saturated rings. The Morgan fingerprint density at radius 2 is 2.05 bits per heavy atom. The number of nitrogens with zero attached hydrogens (tertiary/aromatic N) is 3. The summed E-state index contributed by atoms with van der Waals surface area (Å²) in [7, 11) is 0. The first-order chi connectivity index (χ1) is 10.8. The number of ether oxygens (including phenoxy) is 1. The van der Waals surface area contributed by atoms with Gasteiger partial charge in [-0.05, 0) is 18.2 Å². The molecule has 116 valence electrons. The summed E-state index contributed by atoms with van der Waals surface area (Å²) in [5.41, 5.74) is 0.806. The molecule has 1 aliphatic heterocycles. The van der Waals surface area contributed by atoms with E-state index in [-0.39, 0.29) is 12.7 Å². The zero-order chi connectivity index (χ0) is 15.4. The Hall–Kier alpha value is -2.18. The Labute approximate surface area is 128 Å². The molecule has 1 saturated heterocycles. The minimum atomic E-state index is -0.334. The van der Waals surface area contributed by atoms with Crippen molar-refractivity contribution >= 4 is 17.0 Å². The zero-order valence-electron chi connectivity index (χ0n) is 12.3. The SMILES string of the molecule is O=C(Oc1ccc2cccnc2c1)N1CCN(CCO)CC1. The lowest BCUT2D eigenvalue weighted by Gasteiger charge is -2.33. The van der Waals surface area contributed by atoms with Crippen molar-refractivity contribution in [2.45, 2.75) is 0 Å². The highest BCUT2D eigenvalue weighted by Gasteiger charge is 2.22. The second kappa shape index (κ2) is 6.72. The normalized spacial score (nSPS) is 16.0. The summed E-state index contributed by atoms with van der Waals surface area (Å²) < 4.78 is 5.44. The van der Waals surface area contributed by atoms with E-state index < -0.39 is 0 Å². The van der Waals surface area contributed by atoms with Gasteiger partial charge in [-0.15, -0.1) is 0 Å². The Bertz CT molecular complexity index is 654. The molecule has 0 spiro atoms. The Morgan fingerprint density at radius 1 is 1.23 bits per heavy atom. The fourth-order valence-electron chi connectivity index (χ4n) is 2.57. The van der Waals surface area contributed by atoms with Gasteiger partial charge >= 0.3 is 6.09 Å². The molecule has 1 N–H and O–H groups in total. The Balaban J connectivity index is 1.61. The summed E-state index contributed by atoms with van der Waals surface area (Å²) in [6, 6.07) is 9.29. The van der Waals surface area contributed by atoms with Crippen molar-refractivity contribution in [3.63, 3.8) is 0 Å². The molecule has 2 aromatic rings. The summed E-state index contributed by atoms with van der Waals surface area (Å²) in [6.07, 6.45) is 1.38. The minimum absolute atomic E-state index is 0.147. The first kappa shape index (κ1) is 14.7. The maximum atomic E-state index is 12.2. The minimum Gasteiger partial charge on any atom is -0.410 e. The molecular formula is C16H19N3O3. The van der Waals surface area contributed by atoms with Crippen LogP contribution >= 0.6 is 0 Å². The highest BCUT2D eigenvalue weighted by molar-refractivity contribution is 5.81. The van der Waals surface area contributed by atoms with Crippen LogP contribution in [0.25, 0.3) is 10.9 Å². The molecule has 0 aliphatic carbocycles. The topological polar surface area (TPSA) is 65.9 Å². The first-order valence-corrected chi connectivity index (χ1v) is 7.41. The number of aliphatic hydroxyl groups is 1. The highest BCUT2D eigenvalue weighted by atomic mass is 16.6. The predicted molar refractivity (Wildman–Crippen MR) is 82.9 cm³/mol. The molecule has 1 amide bonds. The van der Waals surface area contributed by atoms with Gasteiger partial charge < -0.3 is 14.7 Å². The van der Waals surface area contributed by atoms with Crippen LogP contribution in [0.2, 0.25) is 0 Å². The number of hydrogen-bond donors (Lipinski definition) is 1. The molecule has 1 aromatic carbocycles. The van der Waals surface area contributed by atoms with Gasteiger partial charge in [-0.3, -0.25) is 9.88 Å². The van der Waals surface area contributed by atoms with Crippen molar-refractivity contribution in [2.24, 2.45) is 0 Å². The number of carbonyl (C=O) groups is 1. The average molecular weight is 301 g/mol. The number of amides is 1. The standard InChI is InChI=1S/C16H19N3O3/c20-11-10-18-6-8-19(9-7-18)16(21)22-14-4-3-13-2-1-5-17-15(13)12-14/h1-5,12,20H,6-11H2. The van der Waals surface area contributed by atoms with E-state index in [1.807, 2.05) is 18.2 Å². The van der Waals surface area contributed by atoms with Crippen molar-refractivity contribution in [1.29, 1.82) is 0 Å². The molecule has 0 bridgehead atoms. The summed E-state index contributed by atoms with van der Waals surface area (Å²) in [5.74, 6) is 0.508. The van der Waals surface area contributed by atoms with Gasteiger partial charge in [0.25, 0.3) is 0 Å². The van der Waals surface area contributed by atoms with Gasteiger partial charge in [-0.25, -0.2) is 4.79 Å². The molecule has 2 heterocycles. The predicted octanol–water partition coefficient (Wildman–Crippen LogP) is 1.34. The Morgan fingerprint density at radius 3 is 2.82 bits per heavy atom. The lowest BCUT2D eigenvalue weighted by atomic mass is 10.2. The van der Waals surface area contributed by atoms with Crippen molar-refractivity contribution in [1.82, 2.24) is 14.8 Å². The fourth-order valence-corrected chi connectivity index (χ4v) is 2.57. The molecular weight excluding hydrogens is 282 g/mol. The lowest BCUT2D eigenvalue weighted by Crippen LogP contribution is -2.50. The zero-order valence-corrected chi connectivity index (χ0v) is 12.3. The summed E-state index contributed by atoms with van der Waals surface area (Å²) in [6.45, 7) is 3.55. The van der Waals surface area contributed by atoms with Gasteiger partial charge in [0.2, 0.25) is 0 Å². The molecule has 0 unspecified atom stereocenters. The van der Waals surface area contributed by atoms with E-state index in [0.29, 0.717) is 25.4 Å². The second-order valence-corrected chi connectivity index (χ2v) is 5.28. The van der Waals surface area contributed by atoms with Gasteiger partial charge in [0.05, 0.1) is 12.1 Å². The maximum absolute atomic E-state index is 12.2. The maximum Gasteiger partial charge on any atom is 0.415 e. The third-order valence-corrected chi connectivity index (χ3v) is 3.83. The Kier molecular flexibility index (Phi) is 4.50.